The van der Waals surface area contributed by atoms with Crippen LogP contribution in [0.1, 0.15) is 17.3 Å². The fourth-order valence-corrected chi connectivity index (χ4v) is 2.16. The highest BCUT2D eigenvalue weighted by molar-refractivity contribution is 7.16. The number of hydrogen-bond donors (Lipinski definition) is 1. The molecule has 0 spiro atoms. The highest BCUT2D eigenvalue weighted by atomic mass is 32.1. The lowest BCUT2D eigenvalue weighted by Crippen LogP contribution is -2.28. The summed E-state index contributed by atoms with van der Waals surface area (Å²) in [5.74, 6) is -0.804. The Labute approximate surface area is 108 Å². The van der Waals surface area contributed by atoms with Crippen LogP contribution >= 0.6 is 11.3 Å². The molecule has 0 aliphatic carbocycles. The van der Waals surface area contributed by atoms with Crippen LogP contribution in [-0.2, 0) is 9.53 Å². The second kappa shape index (κ2) is 5.59. The average molecular weight is 264 g/mol. The number of nitrogens with zero attached hydrogens (tertiary/aromatic N) is 1. The van der Waals surface area contributed by atoms with Gasteiger partial charge < -0.3 is 10.1 Å². The summed E-state index contributed by atoms with van der Waals surface area (Å²) in [4.78, 5) is 27.0. The lowest BCUT2D eigenvalue weighted by atomic mass is 10.2. The van der Waals surface area contributed by atoms with Crippen molar-refractivity contribution in [2.24, 2.45) is 0 Å². The van der Waals surface area contributed by atoms with E-state index < -0.39 is 5.97 Å². The van der Waals surface area contributed by atoms with E-state index in [1.165, 1.54) is 11.3 Å². The van der Waals surface area contributed by atoms with E-state index in [0.29, 0.717) is 12.1 Å². The number of benzene rings is 1. The fraction of sp³-hybridized carbons (Fsp3) is 0.250. The molecule has 0 atom stereocenters. The van der Waals surface area contributed by atoms with Gasteiger partial charge in [0.05, 0.1) is 21.3 Å². The highest BCUT2D eigenvalue weighted by Gasteiger charge is 2.10. The summed E-state index contributed by atoms with van der Waals surface area (Å²) in [5, 5.41) is 2.55. The van der Waals surface area contributed by atoms with Gasteiger partial charge in [0.2, 0.25) is 0 Å². The van der Waals surface area contributed by atoms with Crippen molar-refractivity contribution in [2.45, 2.75) is 6.92 Å². The molecule has 2 aromatic rings. The zero-order chi connectivity index (χ0) is 13.0. The molecular formula is C12H12N2O3S. The molecule has 0 saturated carbocycles. The number of carbonyl (C=O) groups excluding carboxylic acids is 2. The number of fused-ring (bicyclic) bond motifs is 1. The maximum absolute atomic E-state index is 11.7. The van der Waals surface area contributed by atoms with Crippen molar-refractivity contribution in [3.8, 4) is 0 Å². The fourth-order valence-electron chi connectivity index (χ4n) is 1.44. The van der Waals surface area contributed by atoms with Gasteiger partial charge in [-0.2, -0.15) is 0 Å². The number of thiazole rings is 1. The molecule has 1 amide bonds. The van der Waals surface area contributed by atoms with E-state index in [0.717, 1.165) is 10.2 Å². The normalized spacial score (nSPS) is 10.3. The molecule has 94 valence electrons. The zero-order valence-corrected chi connectivity index (χ0v) is 10.6. The molecule has 18 heavy (non-hydrogen) atoms. The smallest absolute Gasteiger partial charge is 0.338 e. The molecule has 0 unspecified atom stereocenters. The molecule has 0 aliphatic heterocycles. The number of likely N-dealkylation sites (N-methyl/N-ethyl adjacent to an activating group) is 1. The van der Waals surface area contributed by atoms with Crippen LogP contribution in [0.3, 0.4) is 0 Å². The van der Waals surface area contributed by atoms with Gasteiger partial charge in [0.1, 0.15) is 0 Å². The molecule has 0 radical (unpaired) electrons. The van der Waals surface area contributed by atoms with Crippen molar-refractivity contribution in [1.29, 1.82) is 0 Å². The van der Waals surface area contributed by atoms with E-state index in [-0.39, 0.29) is 12.5 Å². The predicted molar refractivity (Wildman–Crippen MR) is 68.6 cm³/mol. The Hall–Kier alpha value is -1.95. The van der Waals surface area contributed by atoms with Gasteiger partial charge in [0.25, 0.3) is 5.91 Å². The van der Waals surface area contributed by atoms with Crippen molar-refractivity contribution in [3.05, 3.63) is 29.3 Å². The van der Waals surface area contributed by atoms with Gasteiger partial charge in [-0.15, -0.1) is 11.3 Å². The first-order valence-electron chi connectivity index (χ1n) is 5.47. The number of esters is 1. The van der Waals surface area contributed by atoms with E-state index in [9.17, 15) is 9.59 Å². The van der Waals surface area contributed by atoms with Gasteiger partial charge in [-0.1, -0.05) is 0 Å². The molecule has 0 fully saturated rings. The molecule has 6 heteroatoms. The van der Waals surface area contributed by atoms with Crippen LogP contribution in [0.2, 0.25) is 0 Å². The van der Waals surface area contributed by atoms with Gasteiger partial charge in [-0.25, -0.2) is 9.78 Å². The lowest BCUT2D eigenvalue weighted by molar-refractivity contribution is -0.124. The van der Waals surface area contributed by atoms with E-state index in [2.05, 4.69) is 10.3 Å². The number of nitrogens with one attached hydrogen (secondary N) is 1. The third-order valence-electron chi connectivity index (χ3n) is 2.28. The summed E-state index contributed by atoms with van der Waals surface area (Å²) in [5.41, 5.74) is 2.99. The molecule has 5 nitrogen and oxygen atoms in total. The first kappa shape index (κ1) is 12.5. The van der Waals surface area contributed by atoms with E-state index in [4.69, 9.17) is 4.74 Å². The van der Waals surface area contributed by atoms with Crippen molar-refractivity contribution in [2.75, 3.05) is 13.2 Å². The third-order valence-corrected chi connectivity index (χ3v) is 3.07. The van der Waals surface area contributed by atoms with Crippen molar-refractivity contribution in [3.63, 3.8) is 0 Å². The molecule has 0 aliphatic rings. The number of amides is 1. The molecule has 1 heterocycles. The highest BCUT2D eigenvalue weighted by Crippen LogP contribution is 2.19. The first-order valence-corrected chi connectivity index (χ1v) is 6.35. The van der Waals surface area contributed by atoms with Gasteiger partial charge in [-0.05, 0) is 25.1 Å². The summed E-state index contributed by atoms with van der Waals surface area (Å²) in [6.45, 7) is 2.06. The van der Waals surface area contributed by atoms with E-state index in [1.807, 2.05) is 0 Å². The number of rotatable bonds is 4. The largest absolute Gasteiger partial charge is 0.452 e. The van der Waals surface area contributed by atoms with Crippen LogP contribution in [0.15, 0.2) is 23.7 Å². The van der Waals surface area contributed by atoms with Gasteiger partial charge in [0, 0.05) is 6.54 Å². The first-order chi connectivity index (χ1) is 8.70. The van der Waals surface area contributed by atoms with Gasteiger partial charge in [0.15, 0.2) is 6.61 Å². The van der Waals surface area contributed by atoms with Gasteiger partial charge >= 0.3 is 5.97 Å². The monoisotopic (exact) mass is 264 g/mol. The Morgan fingerprint density at radius 2 is 2.28 bits per heavy atom. The summed E-state index contributed by atoms with van der Waals surface area (Å²) >= 11 is 1.45. The summed E-state index contributed by atoms with van der Waals surface area (Å²) in [6.07, 6.45) is 0. The molecule has 1 aromatic carbocycles. The average Bonchev–Trinajstić information content (AvgIpc) is 2.83. The minimum Gasteiger partial charge on any atom is -0.452 e. The molecule has 2 rings (SSSR count). The van der Waals surface area contributed by atoms with Crippen LogP contribution in [-0.4, -0.2) is 30.0 Å². The van der Waals surface area contributed by atoms with E-state index in [1.54, 1.807) is 30.6 Å². The minimum atomic E-state index is -0.503. The maximum Gasteiger partial charge on any atom is 0.338 e. The summed E-state index contributed by atoms with van der Waals surface area (Å²) < 4.78 is 5.82. The number of ether oxygens (including phenoxy) is 1. The topological polar surface area (TPSA) is 68.3 Å². The van der Waals surface area contributed by atoms with Crippen LogP contribution < -0.4 is 5.32 Å². The van der Waals surface area contributed by atoms with Crippen LogP contribution in [0, 0.1) is 0 Å². The molecule has 0 bridgehead atoms. The quantitative estimate of drug-likeness (QED) is 0.851. The Bertz CT molecular complexity index is 579. The van der Waals surface area contributed by atoms with Crippen LogP contribution in [0.5, 0.6) is 0 Å². The lowest BCUT2D eigenvalue weighted by Gasteiger charge is -2.04. The van der Waals surface area contributed by atoms with Crippen molar-refractivity contribution < 1.29 is 14.3 Å². The Morgan fingerprint density at radius 1 is 1.44 bits per heavy atom. The Morgan fingerprint density at radius 3 is 3.06 bits per heavy atom. The minimum absolute atomic E-state index is 0.257. The second-order valence-corrected chi connectivity index (χ2v) is 4.45. The summed E-state index contributed by atoms with van der Waals surface area (Å²) in [7, 11) is 0. The van der Waals surface area contributed by atoms with Crippen LogP contribution in [0.4, 0.5) is 0 Å². The predicted octanol–water partition coefficient (Wildman–Crippen LogP) is 1.59. The Kier molecular flexibility index (Phi) is 3.88. The molecule has 1 N–H and O–H groups in total. The van der Waals surface area contributed by atoms with Crippen molar-refractivity contribution in [1.82, 2.24) is 10.3 Å². The standard InChI is InChI=1S/C12H12N2O3S/c1-2-13-11(15)6-17-12(16)8-3-4-9-10(5-8)18-7-14-9/h3-5,7H,2,6H2,1H3,(H,13,15). The SMILES string of the molecule is CCNC(=O)COC(=O)c1ccc2ncsc2c1. The van der Waals surface area contributed by atoms with Crippen LogP contribution in [0.25, 0.3) is 10.2 Å². The van der Waals surface area contributed by atoms with E-state index >= 15 is 0 Å². The number of hydrogen-bond acceptors (Lipinski definition) is 5. The molecule has 1 aromatic heterocycles. The Balaban J connectivity index is 2.02. The maximum atomic E-state index is 11.7. The molecular weight excluding hydrogens is 252 g/mol. The third kappa shape index (κ3) is 2.84. The second-order valence-electron chi connectivity index (χ2n) is 3.56. The number of carbonyl (C=O) groups is 2. The van der Waals surface area contributed by atoms with Crippen molar-refractivity contribution >= 4 is 33.4 Å². The number of aromatic nitrogens is 1. The zero-order valence-electron chi connectivity index (χ0n) is 9.80. The van der Waals surface area contributed by atoms with Gasteiger partial charge in [-0.3, -0.25) is 4.79 Å². The molecule has 0 saturated heterocycles. The summed E-state index contributed by atoms with van der Waals surface area (Å²) in [6, 6.07) is 5.11.